The van der Waals surface area contributed by atoms with Crippen LogP contribution in [0.4, 0.5) is 5.82 Å². The second-order valence-corrected chi connectivity index (χ2v) is 5.30. The van der Waals surface area contributed by atoms with E-state index in [0.717, 1.165) is 48.7 Å². The Hall–Kier alpha value is -1.68. The zero-order chi connectivity index (χ0) is 13.9. The Kier molecular flexibility index (Phi) is 3.83. The van der Waals surface area contributed by atoms with Gasteiger partial charge in [0.2, 0.25) is 0 Å². The summed E-state index contributed by atoms with van der Waals surface area (Å²) in [5.41, 5.74) is 2.91. The summed E-state index contributed by atoms with van der Waals surface area (Å²) in [4.78, 5) is 11.8. The number of aromatic nitrogens is 2. The summed E-state index contributed by atoms with van der Waals surface area (Å²) in [6, 6.07) is 8.03. The van der Waals surface area contributed by atoms with Crippen LogP contribution >= 0.6 is 0 Å². The second kappa shape index (κ2) is 5.75. The lowest BCUT2D eigenvalue weighted by molar-refractivity contribution is 0.115. The van der Waals surface area contributed by atoms with E-state index in [2.05, 4.69) is 16.8 Å². The van der Waals surface area contributed by atoms with Gasteiger partial charge in [-0.25, -0.2) is 9.97 Å². The Morgan fingerprint density at radius 1 is 1.25 bits per heavy atom. The zero-order valence-corrected chi connectivity index (χ0v) is 12.2. The maximum absolute atomic E-state index is 5.74. The van der Waals surface area contributed by atoms with E-state index < -0.39 is 0 Å². The third-order valence-electron chi connectivity index (χ3n) is 3.85. The molecule has 1 atom stereocenters. The molecule has 1 unspecified atom stereocenters. The Labute approximate surface area is 119 Å². The van der Waals surface area contributed by atoms with Crippen LogP contribution in [0.1, 0.15) is 25.5 Å². The van der Waals surface area contributed by atoms with Gasteiger partial charge in [-0.1, -0.05) is 12.1 Å². The third-order valence-corrected chi connectivity index (χ3v) is 3.85. The van der Waals surface area contributed by atoms with E-state index in [1.165, 1.54) is 6.42 Å². The fourth-order valence-corrected chi connectivity index (χ4v) is 2.78. The SMILES string of the molecule is CCN(CC1CCCO1)c1nc2ccccc2nc1C. The van der Waals surface area contributed by atoms with E-state index >= 15 is 0 Å². The van der Waals surface area contributed by atoms with Crippen LogP contribution in [0.25, 0.3) is 11.0 Å². The number of hydrogen-bond acceptors (Lipinski definition) is 4. The minimum atomic E-state index is 0.336. The Morgan fingerprint density at radius 2 is 2.00 bits per heavy atom. The van der Waals surface area contributed by atoms with Crippen LogP contribution < -0.4 is 4.90 Å². The number of hydrogen-bond donors (Lipinski definition) is 0. The van der Waals surface area contributed by atoms with Gasteiger partial charge < -0.3 is 9.64 Å². The summed E-state index contributed by atoms with van der Waals surface area (Å²) in [5.74, 6) is 0.988. The number of rotatable bonds is 4. The van der Waals surface area contributed by atoms with Gasteiger partial charge >= 0.3 is 0 Å². The highest BCUT2D eigenvalue weighted by Crippen LogP contribution is 2.22. The third kappa shape index (κ3) is 2.61. The van der Waals surface area contributed by atoms with Gasteiger partial charge in [-0.15, -0.1) is 0 Å². The number of ether oxygens (including phenoxy) is 1. The van der Waals surface area contributed by atoms with Crippen LogP contribution in [0.2, 0.25) is 0 Å². The standard InChI is InChI=1S/C16H21N3O/c1-3-19(11-13-7-6-10-20-13)16-12(2)17-14-8-4-5-9-15(14)18-16/h4-5,8-9,13H,3,6-7,10-11H2,1-2H3. The van der Waals surface area contributed by atoms with Crippen molar-refractivity contribution in [2.24, 2.45) is 0 Å². The molecule has 1 aliphatic heterocycles. The molecule has 1 aromatic heterocycles. The van der Waals surface area contributed by atoms with Crippen LogP contribution in [-0.2, 0) is 4.74 Å². The molecule has 106 valence electrons. The molecule has 0 spiro atoms. The number of para-hydroxylation sites is 2. The van der Waals surface area contributed by atoms with Gasteiger partial charge in [0.05, 0.1) is 22.8 Å². The van der Waals surface area contributed by atoms with Crippen molar-refractivity contribution < 1.29 is 4.74 Å². The Morgan fingerprint density at radius 3 is 2.65 bits per heavy atom. The lowest BCUT2D eigenvalue weighted by Gasteiger charge is -2.26. The number of nitrogens with zero attached hydrogens (tertiary/aromatic N) is 3. The number of anilines is 1. The molecule has 1 saturated heterocycles. The predicted molar refractivity (Wildman–Crippen MR) is 81.1 cm³/mol. The molecule has 0 N–H and O–H groups in total. The summed E-state index contributed by atoms with van der Waals surface area (Å²) in [5, 5.41) is 0. The van der Waals surface area contributed by atoms with E-state index in [1.807, 2.05) is 31.2 Å². The van der Waals surface area contributed by atoms with Crippen LogP contribution in [0.15, 0.2) is 24.3 Å². The van der Waals surface area contributed by atoms with Crippen molar-refractivity contribution in [3.05, 3.63) is 30.0 Å². The summed E-state index contributed by atoms with van der Waals surface area (Å²) in [6.45, 7) is 6.92. The van der Waals surface area contributed by atoms with Gasteiger partial charge in [-0.3, -0.25) is 0 Å². The summed E-state index contributed by atoms with van der Waals surface area (Å²) in [6.07, 6.45) is 2.66. The number of fused-ring (bicyclic) bond motifs is 1. The zero-order valence-electron chi connectivity index (χ0n) is 12.2. The van der Waals surface area contributed by atoms with E-state index in [4.69, 9.17) is 9.72 Å². The second-order valence-electron chi connectivity index (χ2n) is 5.30. The van der Waals surface area contributed by atoms with Gasteiger partial charge in [-0.05, 0) is 38.8 Å². The molecular formula is C16H21N3O. The van der Waals surface area contributed by atoms with Gasteiger partial charge in [-0.2, -0.15) is 0 Å². The molecule has 3 rings (SSSR count). The number of aryl methyl sites for hydroxylation is 1. The first-order valence-corrected chi connectivity index (χ1v) is 7.38. The van der Waals surface area contributed by atoms with Crippen LogP contribution in [0.3, 0.4) is 0 Å². The Bertz CT molecular complexity index is 593. The van der Waals surface area contributed by atoms with Gasteiger partial charge in [0, 0.05) is 19.7 Å². The van der Waals surface area contributed by atoms with Gasteiger partial charge in [0.1, 0.15) is 0 Å². The van der Waals surface area contributed by atoms with Crippen molar-refractivity contribution in [2.45, 2.75) is 32.8 Å². The van der Waals surface area contributed by atoms with Crippen molar-refractivity contribution in [2.75, 3.05) is 24.6 Å². The Balaban J connectivity index is 1.91. The quantitative estimate of drug-likeness (QED) is 0.857. The molecule has 4 nitrogen and oxygen atoms in total. The molecule has 0 saturated carbocycles. The van der Waals surface area contributed by atoms with E-state index in [0.29, 0.717) is 6.10 Å². The van der Waals surface area contributed by atoms with Gasteiger partial charge in [0.15, 0.2) is 5.82 Å². The summed E-state index contributed by atoms with van der Waals surface area (Å²) >= 11 is 0. The maximum Gasteiger partial charge on any atom is 0.150 e. The molecule has 20 heavy (non-hydrogen) atoms. The van der Waals surface area contributed by atoms with Crippen LogP contribution in [-0.4, -0.2) is 35.8 Å². The molecule has 0 bridgehead atoms. The summed E-state index contributed by atoms with van der Waals surface area (Å²) in [7, 11) is 0. The fraction of sp³-hybridized carbons (Fsp3) is 0.500. The molecule has 0 radical (unpaired) electrons. The molecule has 1 aromatic carbocycles. The van der Waals surface area contributed by atoms with E-state index in [1.54, 1.807) is 0 Å². The largest absolute Gasteiger partial charge is 0.376 e. The fourth-order valence-electron chi connectivity index (χ4n) is 2.78. The monoisotopic (exact) mass is 271 g/mol. The van der Waals surface area contributed by atoms with E-state index in [-0.39, 0.29) is 0 Å². The number of likely N-dealkylation sites (N-methyl/N-ethyl adjacent to an activating group) is 1. The molecule has 2 heterocycles. The molecule has 1 fully saturated rings. The van der Waals surface area contributed by atoms with Crippen molar-refractivity contribution in [1.82, 2.24) is 9.97 Å². The molecular weight excluding hydrogens is 250 g/mol. The predicted octanol–water partition coefficient (Wildman–Crippen LogP) is 2.94. The van der Waals surface area contributed by atoms with E-state index in [9.17, 15) is 0 Å². The topological polar surface area (TPSA) is 38.2 Å². The number of benzene rings is 1. The minimum absolute atomic E-state index is 0.336. The van der Waals surface area contributed by atoms with Crippen molar-refractivity contribution in [3.8, 4) is 0 Å². The summed E-state index contributed by atoms with van der Waals surface area (Å²) < 4.78 is 5.74. The van der Waals surface area contributed by atoms with Crippen molar-refractivity contribution in [3.63, 3.8) is 0 Å². The normalized spacial score (nSPS) is 18.6. The average Bonchev–Trinajstić information content (AvgIpc) is 2.97. The van der Waals surface area contributed by atoms with Crippen molar-refractivity contribution >= 4 is 16.9 Å². The minimum Gasteiger partial charge on any atom is -0.376 e. The van der Waals surface area contributed by atoms with Gasteiger partial charge in [0.25, 0.3) is 0 Å². The highest BCUT2D eigenvalue weighted by molar-refractivity contribution is 5.76. The lowest BCUT2D eigenvalue weighted by Crippen LogP contribution is -2.33. The van der Waals surface area contributed by atoms with Crippen molar-refractivity contribution in [1.29, 1.82) is 0 Å². The van der Waals surface area contributed by atoms with Crippen LogP contribution in [0, 0.1) is 6.92 Å². The average molecular weight is 271 g/mol. The molecule has 2 aromatic rings. The molecule has 4 heteroatoms. The van der Waals surface area contributed by atoms with Crippen LogP contribution in [0.5, 0.6) is 0 Å². The molecule has 0 aliphatic carbocycles. The molecule has 0 amide bonds. The molecule has 1 aliphatic rings. The highest BCUT2D eigenvalue weighted by Gasteiger charge is 2.20. The maximum atomic E-state index is 5.74. The highest BCUT2D eigenvalue weighted by atomic mass is 16.5. The lowest BCUT2D eigenvalue weighted by atomic mass is 10.2. The first kappa shape index (κ1) is 13.3. The first-order valence-electron chi connectivity index (χ1n) is 7.38. The first-order chi connectivity index (χ1) is 9.78. The smallest absolute Gasteiger partial charge is 0.150 e.